The van der Waals surface area contributed by atoms with Crippen molar-refractivity contribution in [3.63, 3.8) is 0 Å². The lowest BCUT2D eigenvalue weighted by molar-refractivity contribution is 0.210. The summed E-state index contributed by atoms with van der Waals surface area (Å²) in [5.41, 5.74) is 1.94. The van der Waals surface area contributed by atoms with E-state index in [1.165, 1.54) is 5.56 Å². The molecule has 108 valence electrons. The van der Waals surface area contributed by atoms with Crippen LogP contribution in [0.1, 0.15) is 18.1 Å². The van der Waals surface area contributed by atoms with E-state index in [0.717, 1.165) is 25.4 Å². The van der Waals surface area contributed by atoms with Crippen molar-refractivity contribution in [2.75, 3.05) is 19.7 Å². The molecule has 0 bridgehead atoms. The normalized spacial score (nSPS) is 10.3. The molecule has 0 saturated carbocycles. The molecule has 0 aromatic heterocycles. The fourth-order valence-corrected chi connectivity index (χ4v) is 2.14. The smallest absolute Gasteiger partial charge is 0.120 e. The first-order chi connectivity index (χ1) is 10.3. The maximum atomic E-state index is 8.86. The number of nitriles is 1. The molecule has 21 heavy (non-hydrogen) atoms. The predicted octanol–water partition coefficient (Wildman–Crippen LogP) is 3.46. The summed E-state index contributed by atoms with van der Waals surface area (Å²) in [5, 5.41) is 8.86. The van der Waals surface area contributed by atoms with Crippen LogP contribution in [0.3, 0.4) is 0 Å². The second-order valence-corrected chi connectivity index (χ2v) is 4.84. The lowest BCUT2D eigenvalue weighted by atomic mass is 10.2. The Hall–Kier alpha value is -2.31. The van der Waals surface area contributed by atoms with Crippen molar-refractivity contribution in [2.45, 2.75) is 13.5 Å². The standard InChI is InChI=1S/C18H20N2O/c1-2-20(15-16-7-4-3-5-8-16)11-12-21-18-10-6-9-17(13-18)14-19/h3-10,13H,2,11-12,15H2,1H3. The van der Waals surface area contributed by atoms with Gasteiger partial charge in [0.1, 0.15) is 12.4 Å². The fourth-order valence-electron chi connectivity index (χ4n) is 2.14. The van der Waals surface area contributed by atoms with Crippen LogP contribution in [0.25, 0.3) is 0 Å². The molecule has 0 N–H and O–H groups in total. The third-order valence-electron chi connectivity index (χ3n) is 3.34. The maximum absolute atomic E-state index is 8.86. The molecular formula is C18H20N2O. The minimum atomic E-state index is 0.621. The molecule has 0 aliphatic carbocycles. The van der Waals surface area contributed by atoms with Crippen LogP contribution in [0.4, 0.5) is 0 Å². The lowest BCUT2D eigenvalue weighted by Crippen LogP contribution is -2.27. The van der Waals surface area contributed by atoms with E-state index in [1.807, 2.05) is 18.2 Å². The number of hydrogen-bond acceptors (Lipinski definition) is 3. The van der Waals surface area contributed by atoms with Crippen LogP contribution in [-0.4, -0.2) is 24.6 Å². The number of ether oxygens (including phenoxy) is 1. The van der Waals surface area contributed by atoms with Gasteiger partial charge in [-0.3, -0.25) is 4.90 Å². The highest BCUT2D eigenvalue weighted by Crippen LogP contribution is 2.12. The second kappa shape index (κ2) is 8.08. The highest BCUT2D eigenvalue weighted by molar-refractivity contribution is 5.36. The van der Waals surface area contributed by atoms with Crippen LogP contribution in [0.5, 0.6) is 5.75 Å². The summed E-state index contributed by atoms with van der Waals surface area (Å²) in [6.07, 6.45) is 0. The van der Waals surface area contributed by atoms with Gasteiger partial charge >= 0.3 is 0 Å². The van der Waals surface area contributed by atoms with Crippen molar-refractivity contribution in [3.8, 4) is 11.8 Å². The van der Waals surface area contributed by atoms with E-state index in [-0.39, 0.29) is 0 Å². The average molecular weight is 280 g/mol. The topological polar surface area (TPSA) is 36.3 Å². The Morgan fingerprint density at radius 1 is 1.10 bits per heavy atom. The van der Waals surface area contributed by atoms with E-state index in [4.69, 9.17) is 10.00 Å². The van der Waals surface area contributed by atoms with Crippen molar-refractivity contribution in [1.29, 1.82) is 5.26 Å². The van der Waals surface area contributed by atoms with Gasteiger partial charge in [-0.05, 0) is 30.3 Å². The van der Waals surface area contributed by atoms with Crippen LogP contribution < -0.4 is 4.74 Å². The fraction of sp³-hybridized carbons (Fsp3) is 0.278. The highest BCUT2D eigenvalue weighted by Gasteiger charge is 2.04. The first-order valence-electron chi connectivity index (χ1n) is 7.21. The van der Waals surface area contributed by atoms with Gasteiger partial charge in [0.05, 0.1) is 11.6 Å². The zero-order chi connectivity index (χ0) is 14.9. The Morgan fingerprint density at radius 3 is 2.62 bits per heavy atom. The maximum Gasteiger partial charge on any atom is 0.120 e. The summed E-state index contributed by atoms with van der Waals surface area (Å²) < 4.78 is 5.73. The first kappa shape index (κ1) is 15.1. The zero-order valence-corrected chi connectivity index (χ0v) is 12.3. The Morgan fingerprint density at radius 2 is 1.90 bits per heavy atom. The molecule has 0 fully saturated rings. The van der Waals surface area contributed by atoms with Crippen LogP contribution in [-0.2, 0) is 6.54 Å². The van der Waals surface area contributed by atoms with Gasteiger partial charge in [0, 0.05) is 13.1 Å². The zero-order valence-electron chi connectivity index (χ0n) is 12.3. The van der Waals surface area contributed by atoms with E-state index in [0.29, 0.717) is 12.2 Å². The molecule has 2 aromatic rings. The monoisotopic (exact) mass is 280 g/mol. The van der Waals surface area contributed by atoms with Gasteiger partial charge in [-0.1, -0.05) is 43.3 Å². The average Bonchev–Trinajstić information content (AvgIpc) is 2.55. The molecule has 3 heteroatoms. The van der Waals surface area contributed by atoms with Gasteiger partial charge in [-0.2, -0.15) is 5.26 Å². The minimum absolute atomic E-state index is 0.621. The van der Waals surface area contributed by atoms with Crippen molar-refractivity contribution < 1.29 is 4.74 Å². The molecule has 2 rings (SSSR count). The van der Waals surface area contributed by atoms with Gasteiger partial charge in [-0.25, -0.2) is 0 Å². The molecule has 3 nitrogen and oxygen atoms in total. The largest absolute Gasteiger partial charge is 0.492 e. The minimum Gasteiger partial charge on any atom is -0.492 e. The quantitative estimate of drug-likeness (QED) is 0.779. The third-order valence-corrected chi connectivity index (χ3v) is 3.34. The third kappa shape index (κ3) is 4.94. The van der Waals surface area contributed by atoms with E-state index >= 15 is 0 Å². The Balaban J connectivity index is 1.82. The summed E-state index contributed by atoms with van der Waals surface area (Å²) >= 11 is 0. The number of nitrogens with zero attached hydrogens (tertiary/aromatic N) is 2. The van der Waals surface area contributed by atoms with E-state index < -0.39 is 0 Å². The SMILES string of the molecule is CCN(CCOc1cccc(C#N)c1)Cc1ccccc1. The first-order valence-corrected chi connectivity index (χ1v) is 7.21. The summed E-state index contributed by atoms with van der Waals surface area (Å²) in [7, 11) is 0. The van der Waals surface area contributed by atoms with Gasteiger partial charge < -0.3 is 4.74 Å². The summed E-state index contributed by atoms with van der Waals surface area (Å²) in [6.45, 7) is 5.55. The van der Waals surface area contributed by atoms with Crippen molar-refractivity contribution in [2.24, 2.45) is 0 Å². The van der Waals surface area contributed by atoms with E-state index in [1.54, 1.807) is 12.1 Å². The summed E-state index contributed by atoms with van der Waals surface area (Å²) in [5.74, 6) is 0.754. The molecule has 0 heterocycles. The summed E-state index contributed by atoms with van der Waals surface area (Å²) in [4.78, 5) is 2.34. The molecule has 0 aliphatic heterocycles. The number of likely N-dealkylation sites (N-methyl/N-ethyl adjacent to an activating group) is 1. The van der Waals surface area contributed by atoms with Gasteiger partial charge in [0.2, 0.25) is 0 Å². The number of hydrogen-bond donors (Lipinski definition) is 0. The number of rotatable bonds is 7. The molecule has 0 saturated heterocycles. The van der Waals surface area contributed by atoms with Crippen LogP contribution in [0, 0.1) is 11.3 Å². The molecule has 0 aliphatic rings. The molecule has 0 amide bonds. The Kier molecular flexibility index (Phi) is 5.81. The van der Waals surface area contributed by atoms with E-state index in [2.05, 4.69) is 42.2 Å². The predicted molar refractivity (Wildman–Crippen MR) is 84.0 cm³/mol. The van der Waals surface area contributed by atoms with Gasteiger partial charge in [0.25, 0.3) is 0 Å². The van der Waals surface area contributed by atoms with Crippen molar-refractivity contribution in [1.82, 2.24) is 4.90 Å². The van der Waals surface area contributed by atoms with Crippen LogP contribution in [0.15, 0.2) is 54.6 Å². The molecule has 0 spiro atoms. The van der Waals surface area contributed by atoms with Crippen LogP contribution >= 0.6 is 0 Å². The van der Waals surface area contributed by atoms with Crippen molar-refractivity contribution in [3.05, 3.63) is 65.7 Å². The van der Waals surface area contributed by atoms with Crippen LogP contribution in [0.2, 0.25) is 0 Å². The van der Waals surface area contributed by atoms with Gasteiger partial charge in [-0.15, -0.1) is 0 Å². The Labute approximate surface area is 126 Å². The lowest BCUT2D eigenvalue weighted by Gasteiger charge is -2.20. The van der Waals surface area contributed by atoms with E-state index in [9.17, 15) is 0 Å². The molecule has 0 unspecified atom stereocenters. The van der Waals surface area contributed by atoms with Gasteiger partial charge in [0.15, 0.2) is 0 Å². The van der Waals surface area contributed by atoms with Crippen molar-refractivity contribution >= 4 is 0 Å². The Bertz CT molecular complexity index is 590. The molecule has 0 radical (unpaired) electrons. The molecular weight excluding hydrogens is 260 g/mol. The molecule has 0 atom stereocenters. The highest BCUT2D eigenvalue weighted by atomic mass is 16.5. The molecule has 2 aromatic carbocycles. The second-order valence-electron chi connectivity index (χ2n) is 4.84. The number of benzene rings is 2. The summed E-state index contributed by atoms with van der Waals surface area (Å²) in [6, 6.07) is 19.8.